The monoisotopic (exact) mass is 387 g/mol. The normalized spacial score (nSPS) is 14.6. The molecule has 1 heterocycles. The van der Waals surface area contributed by atoms with Crippen LogP contribution < -0.4 is 9.64 Å². The molecule has 1 aliphatic rings. The first-order valence-corrected chi connectivity index (χ1v) is 7.48. The average molecular weight is 387 g/mol. The van der Waals surface area contributed by atoms with Crippen LogP contribution in [0.1, 0.15) is 6.92 Å². The maximum absolute atomic E-state index is 14.1. The Bertz CT molecular complexity index is 949. The van der Waals surface area contributed by atoms with Gasteiger partial charge in [0, 0.05) is 0 Å². The molecule has 2 aromatic carbocycles. The Morgan fingerprint density at radius 1 is 1.07 bits per heavy atom. The summed E-state index contributed by atoms with van der Waals surface area (Å²) in [6, 6.07) is 1.77. The summed E-state index contributed by atoms with van der Waals surface area (Å²) >= 11 is 0. The highest BCUT2D eigenvalue weighted by Crippen LogP contribution is 2.39. The summed E-state index contributed by atoms with van der Waals surface area (Å²) in [5, 5.41) is 9.16. The molecule has 0 aliphatic carbocycles. The molecule has 2 aromatic rings. The van der Waals surface area contributed by atoms with Gasteiger partial charge in [0.2, 0.25) is 5.82 Å². The maximum Gasteiger partial charge on any atom is 0.326 e. The average Bonchev–Trinajstić information content (AvgIpc) is 2.64. The second-order valence-corrected chi connectivity index (χ2v) is 5.69. The first kappa shape index (κ1) is 18.6. The lowest BCUT2D eigenvalue weighted by molar-refractivity contribution is -0.140. The highest BCUT2D eigenvalue weighted by atomic mass is 19.2. The zero-order valence-electron chi connectivity index (χ0n) is 13.5. The fraction of sp³-hybridized carbons (Fsp3) is 0.176. The van der Waals surface area contributed by atoms with Crippen molar-refractivity contribution in [1.29, 1.82) is 0 Å². The Labute approximate surface area is 148 Å². The Balaban J connectivity index is 2.23. The molecule has 10 heteroatoms. The summed E-state index contributed by atoms with van der Waals surface area (Å²) in [4.78, 5) is 24.1. The molecular weight excluding hydrogens is 377 g/mol. The van der Waals surface area contributed by atoms with Crippen molar-refractivity contribution in [3.63, 3.8) is 0 Å². The van der Waals surface area contributed by atoms with E-state index in [0.717, 1.165) is 23.1 Å². The van der Waals surface area contributed by atoms with E-state index in [0.29, 0.717) is 0 Å². The van der Waals surface area contributed by atoms with Crippen LogP contribution in [0.5, 0.6) is 5.75 Å². The molecule has 0 spiro atoms. The van der Waals surface area contributed by atoms with E-state index in [1.807, 2.05) is 0 Å². The molecule has 0 fully saturated rings. The molecule has 5 nitrogen and oxygen atoms in total. The van der Waals surface area contributed by atoms with Crippen LogP contribution in [0.4, 0.5) is 27.6 Å². The molecule has 142 valence electrons. The number of ether oxygens (including phenoxy) is 1. The molecular formula is C17H10F5NO4. The summed E-state index contributed by atoms with van der Waals surface area (Å²) in [5.41, 5.74) is -1.81. The standard InChI is InChI=1S/C17H10F5NO4/c1-6(17(25)26)23-8-4-7(2-3-9(8)27-5-10(23)24)11-12(18)14(20)16(22)15(21)13(11)19/h2-4,6H,5H2,1H3,(H,25,26). The number of rotatable bonds is 3. The Morgan fingerprint density at radius 2 is 1.63 bits per heavy atom. The number of amides is 1. The van der Waals surface area contributed by atoms with Crippen molar-refractivity contribution < 1.29 is 41.4 Å². The van der Waals surface area contributed by atoms with Crippen LogP contribution in [0.25, 0.3) is 11.1 Å². The Hall–Kier alpha value is -3.17. The van der Waals surface area contributed by atoms with Crippen LogP contribution in [0.3, 0.4) is 0 Å². The zero-order valence-corrected chi connectivity index (χ0v) is 13.5. The van der Waals surface area contributed by atoms with Crippen molar-refractivity contribution in [2.24, 2.45) is 0 Å². The number of aliphatic carboxylic acids is 1. The molecule has 1 atom stereocenters. The Morgan fingerprint density at radius 3 is 2.19 bits per heavy atom. The van der Waals surface area contributed by atoms with Gasteiger partial charge in [-0.15, -0.1) is 0 Å². The minimum absolute atomic E-state index is 0.0234. The molecule has 0 bridgehead atoms. The van der Waals surface area contributed by atoms with Crippen molar-refractivity contribution in [3.8, 4) is 16.9 Å². The minimum Gasteiger partial charge on any atom is -0.482 e. The lowest BCUT2D eigenvalue weighted by Crippen LogP contribution is -2.48. The van der Waals surface area contributed by atoms with Gasteiger partial charge in [0.1, 0.15) is 11.8 Å². The second-order valence-electron chi connectivity index (χ2n) is 5.69. The molecule has 1 N–H and O–H groups in total. The maximum atomic E-state index is 14.1. The number of anilines is 1. The van der Waals surface area contributed by atoms with Crippen LogP contribution >= 0.6 is 0 Å². The van der Waals surface area contributed by atoms with Gasteiger partial charge in [0.25, 0.3) is 5.91 Å². The summed E-state index contributed by atoms with van der Waals surface area (Å²) in [6.45, 7) is 0.729. The Kier molecular flexibility index (Phi) is 4.50. The van der Waals surface area contributed by atoms with Gasteiger partial charge in [-0.05, 0) is 24.6 Å². The van der Waals surface area contributed by atoms with Crippen molar-refractivity contribution in [2.75, 3.05) is 11.5 Å². The molecule has 0 saturated carbocycles. The third kappa shape index (κ3) is 2.86. The number of carbonyl (C=O) groups is 2. The minimum atomic E-state index is -2.30. The van der Waals surface area contributed by atoms with Crippen molar-refractivity contribution in [2.45, 2.75) is 13.0 Å². The van der Waals surface area contributed by atoms with Crippen LogP contribution in [0.15, 0.2) is 18.2 Å². The SMILES string of the molecule is CC(C(=O)O)N1C(=O)COc2ccc(-c3c(F)c(F)c(F)c(F)c3F)cc21. The van der Waals surface area contributed by atoms with Crippen LogP contribution in [-0.2, 0) is 9.59 Å². The number of carboxylic acid groups (broad SMARTS) is 1. The molecule has 3 rings (SSSR count). The van der Waals surface area contributed by atoms with Gasteiger partial charge >= 0.3 is 5.97 Å². The van der Waals surface area contributed by atoms with Gasteiger partial charge in [-0.1, -0.05) is 6.07 Å². The molecule has 1 amide bonds. The molecule has 27 heavy (non-hydrogen) atoms. The number of benzene rings is 2. The summed E-state index contributed by atoms with van der Waals surface area (Å²) in [6.07, 6.45) is 0. The largest absolute Gasteiger partial charge is 0.482 e. The number of fused-ring (bicyclic) bond motifs is 1. The van der Waals surface area contributed by atoms with Crippen molar-refractivity contribution >= 4 is 17.6 Å². The first-order chi connectivity index (χ1) is 12.6. The van der Waals surface area contributed by atoms with E-state index < -0.39 is 64.7 Å². The first-order valence-electron chi connectivity index (χ1n) is 7.48. The molecule has 1 aliphatic heterocycles. The second kappa shape index (κ2) is 6.53. The lowest BCUT2D eigenvalue weighted by atomic mass is 10.0. The van der Waals surface area contributed by atoms with Gasteiger partial charge in [-0.25, -0.2) is 26.7 Å². The number of hydrogen-bond donors (Lipinski definition) is 1. The highest BCUT2D eigenvalue weighted by Gasteiger charge is 2.34. The predicted octanol–water partition coefficient (Wildman–Crippen LogP) is 3.25. The number of nitrogens with zero attached hydrogens (tertiary/aromatic N) is 1. The summed E-state index contributed by atoms with van der Waals surface area (Å²) in [7, 11) is 0. The number of hydrogen-bond acceptors (Lipinski definition) is 3. The van der Waals surface area contributed by atoms with E-state index in [2.05, 4.69) is 0 Å². The zero-order chi connectivity index (χ0) is 20.0. The van der Waals surface area contributed by atoms with E-state index in [9.17, 15) is 31.5 Å². The van der Waals surface area contributed by atoms with Crippen LogP contribution in [-0.4, -0.2) is 29.6 Å². The van der Waals surface area contributed by atoms with E-state index in [1.165, 1.54) is 6.92 Å². The fourth-order valence-electron chi connectivity index (χ4n) is 2.72. The smallest absolute Gasteiger partial charge is 0.326 e. The van der Waals surface area contributed by atoms with E-state index in [-0.39, 0.29) is 11.4 Å². The number of carbonyl (C=O) groups excluding carboxylic acids is 1. The molecule has 0 radical (unpaired) electrons. The van der Waals surface area contributed by atoms with Crippen LogP contribution in [0, 0.1) is 29.1 Å². The topological polar surface area (TPSA) is 66.8 Å². The quantitative estimate of drug-likeness (QED) is 0.499. The molecule has 1 unspecified atom stereocenters. The third-order valence-electron chi connectivity index (χ3n) is 4.08. The predicted molar refractivity (Wildman–Crippen MR) is 81.7 cm³/mol. The van der Waals surface area contributed by atoms with Gasteiger partial charge in [0.15, 0.2) is 29.9 Å². The van der Waals surface area contributed by atoms with Gasteiger partial charge in [0.05, 0.1) is 11.3 Å². The third-order valence-corrected chi connectivity index (χ3v) is 4.08. The number of halogens is 5. The fourth-order valence-corrected chi connectivity index (χ4v) is 2.72. The van der Waals surface area contributed by atoms with Gasteiger partial charge in [-0.3, -0.25) is 9.69 Å². The van der Waals surface area contributed by atoms with Crippen LogP contribution in [0.2, 0.25) is 0 Å². The van der Waals surface area contributed by atoms with E-state index in [4.69, 9.17) is 9.84 Å². The van der Waals surface area contributed by atoms with E-state index >= 15 is 0 Å². The van der Waals surface area contributed by atoms with Gasteiger partial charge < -0.3 is 9.84 Å². The molecule has 0 aromatic heterocycles. The highest BCUT2D eigenvalue weighted by molar-refractivity contribution is 6.03. The summed E-state index contributed by atoms with van der Waals surface area (Å²) in [5.74, 6) is -12.7. The van der Waals surface area contributed by atoms with E-state index in [1.54, 1.807) is 0 Å². The number of carboxylic acids is 1. The molecule has 0 saturated heterocycles. The summed E-state index contributed by atoms with van der Waals surface area (Å²) < 4.78 is 73.4. The van der Waals surface area contributed by atoms with Gasteiger partial charge in [-0.2, -0.15) is 0 Å². The van der Waals surface area contributed by atoms with Crippen molar-refractivity contribution in [1.82, 2.24) is 0 Å². The lowest BCUT2D eigenvalue weighted by Gasteiger charge is -2.32. The van der Waals surface area contributed by atoms with Crippen molar-refractivity contribution in [3.05, 3.63) is 47.3 Å².